The fraction of sp³-hybridized carbons (Fsp3) is 0.500. The van der Waals surface area contributed by atoms with Gasteiger partial charge in [-0.05, 0) is 12.1 Å². The molecule has 0 saturated carbocycles. The van der Waals surface area contributed by atoms with E-state index in [0.717, 1.165) is 0 Å². The van der Waals surface area contributed by atoms with Crippen molar-refractivity contribution in [3.63, 3.8) is 0 Å². The molecule has 2 N–H and O–H groups in total. The standard InChI is InChI=1S/C12H17N3O3/c1-17-9-6-15(7-10(9)18-2)12(16)8-4-3-5-11(13)14-8/h3-5,9-10H,6-7H2,1-2H3,(H2,13,14). The Labute approximate surface area is 106 Å². The molecule has 2 rings (SSSR count). The van der Waals surface area contributed by atoms with Crippen molar-refractivity contribution in [2.75, 3.05) is 33.0 Å². The van der Waals surface area contributed by atoms with Crippen LogP contribution in [-0.2, 0) is 9.47 Å². The van der Waals surface area contributed by atoms with E-state index in [1.54, 1.807) is 37.3 Å². The Morgan fingerprint density at radius 2 is 1.94 bits per heavy atom. The van der Waals surface area contributed by atoms with E-state index >= 15 is 0 Å². The Bertz CT molecular complexity index is 426. The van der Waals surface area contributed by atoms with Crippen molar-refractivity contribution in [2.45, 2.75) is 12.2 Å². The second-order valence-corrected chi connectivity index (χ2v) is 4.21. The van der Waals surface area contributed by atoms with Gasteiger partial charge in [0, 0.05) is 27.3 Å². The molecule has 0 aromatic carbocycles. The van der Waals surface area contributed by atoms with Gasteiger partial charge in [0.1, 0.15) is 23.7 Å². The lowest BCUT2D eigenvalue weighted by Crippen LogP contribution is -2.30. The van der Waals surface area contributed by atoms with E-state index in [-0.39, 0.29) is 18.1 Å². The predicted molar refractivity (Wildman–Crippen MR) is 66.1 cm³/mol. The number of ether oxygens (including phenoxy) is 2. The molecule has 0 spiro atoms. The molecule has 0 aliphatic carbocycles. The number of amides is 1. The first-order chi connectivity index (χ1) is 8.65. The summed E-state index contributed by atoms with van der Waals surface area (Å²) in [7, 11) is 3.23. The SMILES string of the molecule is COC1CN(C(=O)c2cccc(N)n2)CC1OC. The van der Waals surface area contributed by atoms with Crippen LogP contribution < -0.4 is 5.73 Å². The number of hydrogen-bond donors (Lipinski definition) is 1. The van der Waals surface area contributed by atoms with Crippen molar-refractivity contribution < 1.29 is 14.3 Å². The Hall–Kier alpha value is -1.66. The quantitative estimate of drug-likeness (QED) is 0.827. The van der Waals surface area contributed by atoms with Gasteiger partial charge >= 0.3 is 0 Å². The number of nitrogen functional groups attached to an aromatic ring is 1. The molecule has 1 aliphatic heterocycles. The Morgan fingerprint density at radius 1 is 1.33 bits per heavy atom. The second kappa shape index (κ2) is 5.32. The van der Waals surface area contributed by atoms with Gasteiger partial charge in [-0.1, -0.05) is 6.07 Å². The van der Waals surface area contributed by atoms with Gasteiger partial charge in [0.05, 0.1) is 0 Å². The van der Waals surface area contributed by atoms with Crippen LogP contribution in [0.3, 0.4) is 0 Å². The van der Waals surface area contributed by atoms with Gasteiger partial charge in [-0.2, -0.15) is 0 Å². The van der Waals surface area contributed by atoms with Crippen molar-refractivity contribution >= 4 is 11.7 Å². The number of rotatable bonds is 3. The Balaban J connectivity index is 2.11. The minimum atomic E-state index is -0.149. The highest BCUT2D eigenvalue weighted by Gasteiger charge is 2.36. The van der Waals surface area contributed by atoms with Crippen molar-refractivity contribution in [1.29, 1.82) is 0 Å². The summed E-state index contributed by atoms with van der Waals surface area (Å²) in [6.45, 7) is 1.01. The molecule has 1 fully saturated rings. The molecule has 6 heteroatoms. The minimum absolute atomic E-state index is 0.0972. The zero-order valence-electron chi connectivity index (χ0n) is 10.5. The molecule has 1 aromatic rings. The number of anilines is 1. The average Bonchev–Trinajstić information content (AvgIpc) is 2.81. The summed E-state index contributed by atoms with van der Waals surface area (Å²) in [5.41, 5.74) is 5.92. The number of nitrogens with zero attached hydrogens (tertiary/aromatic N) is 2. The lowest BCUT2D eigenvalue weighted by Gasteiger charge is -2.15. The Kier molecular flexibility index (Phi) is 3.78. The van der Waals surface area contributed by atoms with Gasteiger partial charge < -0.3 is 20.1 Å². The molecule has 1 saturated heterocycles. The number of aromatic nitrogens is 1. The molecule has 2 unspecified atom stereocenters. The fourth-order valence-corrected chi connectivity index (χ4v) is 2.10. The van der Waals surface area contributed by atoms with E-state index in [1.807, 2.05) is 0 Å². The van der Waals surface area contributed by atoms with E-state index in [4.69, 9.17) is 15.2 Å². The maximum absolute atomic E-state index is 12.2. The average molecular weight is 251 g/mol. The maximum Gasteiger partial charge on any atom is 0.272 e. The lowest BCUT2D eigenvalue weighted by molar-refractivity contribution is -0.00461. The molecular weight excluding hydrogens is 234 g/mol. The summed E-state index contributed by atoms with van der Waals surface area (Å²) in [5, 5.41) is 0. The zero-order chi connectivity index (χ0) is 13.1. The van der Waals surface area contributed by atoms with Gasteiger partial charge in [-0.25, -0.2) is 4.98 Å². The first kappa shape index (κ1) is 12.8. The first-order valence-electron chi connectivity index (χ1n) is 5.73. The number of likely N-dealkylation sites (tertiary alicyclic amines) is 1. The summed E-state index contributed by atoms with van der Waals surface area (Å²) in [6.07, 6.45) is -0.194. The second-order valence-electron chi connectivity index (χ2n) is 4.21. The van der Waals surface area contributed by atoms with Gasteiger partial charge in [-0.3, -0.25) is 4.79 Å². The summed E-state index contributed by atoms with van der Waals surface area (Å²) in [6, 6.07) is 5.02. The molecule has 2 heterocycles. The summed E-state index contributed by atoms with van der Waals surface area (Å²) in [5.74, 6) is 0.190. The smallest absolute Gasteiger partial charge is 0.272 e. The van der Waals surface area contributed by atoms with E-state index in [9.17, 15) is 4.79 Å². The number of pyridine rings is 1. The zero-order valence-corrected chi connectivity index (χ0v) is 10.5. The largest absolute Gasteiger partial charge is 0.384 e. The van der Waals surface area contributed by atoms with Crippen LogP contribution >= 0.6 is 0 Å². The van der Waals surface area contributed by atoms with Crippen molar-refractivity contribution in [3.8, 4) is 0 Å². The monoisotopic (exact) mass is 251 g/mol. The van der Waals surface area contributed by atoms with E-state index in [1.165, 1.54) is 0 Å². The molecule has 1 aliphatic rings. The number of carbonyl (C=O) groups excluding carboxylic acids is 1. The van der Waals surface area contributed by atoms with Crippen molar-refractivity contribution in [2.24, 2.45) is 0 Å². The summed E-state index contributed by atoms with van der Waals surface area (Å²) >= 11 is 0. The van der Waals surface area contributed by atoms with Gasteiger partial charge in [-0.15, -0.1) is 0 Å². The third-order valence-corrected chi connectivity index (χ3v) is 3.10. The van der Waals surface area contributed by atoms with Crippen LogP contribution in [0.25, 0.3) is 0 Å². The number of carbonyl (C=O) groups is 1. The maximum atomic E-state index is 12.2. The van der Waals surface area contributed by atoms with Crippen LogP contribution in [0.2, 0.25) is 0 Å². The van der Waals surface area contributed by atoms with Crippen LogP contribution in [0.15, 0.2) is 18.2 Å². The van der Waals surface area contributed by atoms with Crippen LogP contribution in [0, 0.1) is 0 Å². The highest BCUT2D eigenvalue weighted by Crippen LogP contribution is 2.18. The van der Waals surface area contributed by atoms with Gasteiger partial charge in [0.25, 0.3) is 5.91 Å². The number of methoxy groups -OCH3 is 2. The molecule has 2 atom stereocenters. The van der Waals surface area contributed by atoms with Crippen molar-refractivity contribution in [1.82, 2.24) is 9.88 Å². The van der Waals surface area contributed by atoms with Crippen LogP contribution in [-0.4, -0.2) is 55.3 Å². The fourth-order valence-electron chi connectivity index (χ4n) is 2.10. The molecule has 1 amide bonds. The van der Waals surface area contributed by atoms with E-state index < -0.39 is 0 Å². The van der Waals surface area contributed by atoms with Crippen molar-refractivity contribution in [3.05, 3.63) is 23.9 Å². The third-order valence-electron chi connectivity index (χ3n) is 3.10. The number of nitrogens with two attached hydrogens (primary N) is 1. The number of hydrogen-bond acceptors (Lipinski definition) is 5. The highest BCUT2D eigenvalue weighted by atomic mass is 16.5. The molecular formula is C12H17N3O3. The molecule has 1 aromatic heterocycles. The van der Waals surface area contributed by atoms with Gasteiger partial charge in [0.15, 0.2) is 0 Å². The normalized spacial score (nSPS) is 23.3. The molecule has 6 nitrogen and oxygen atoms in total. The van der Waals surface area contributed by atoms with E-state index in [0.29, 0.717) is 24.6 Å². The Morgan fingerprint density at radius 3 is 2.44 bits per heavy atom. The lowest BCUT2D eigenvalue weighted by atomic mass is 10.3. The van der Waals surface area contributed by atoms with E-state index in [2.05, 4.69) is 4.98 Å². The molecule has 98 valence electrons. The minimum Gasteiger partial charge on any atom is -0.384 e. The highest BCUT2D eigenvalue weighted by molar-refractivity contribution is 5.92. The summed E-state index contributed by atoms with van der Waals surface area (Å²) in [4.78, 5) is 17.9. The molecule has 18 heavy (non-hydrogen) atoms. The van der Waals surface area contributed by atoms with Crippen LogP contribution in [0.1, 0.15) is 10.5 Å². The third kappa shape index (κ3) is 2.44. The van der Waals surface area contributed by atoms with Gasteiger partial charge in [0.2, 0.25) is 0 Å². The molecule has 0 radical (unpaired) electrons. The van der Waals surface area contributed by atoms with Crippen LogP contribution in [0.4, 0.5) is 5.82 Å². The topological polar surface area (TPSA) is 77.7 Å². The molecule has 0 bridgehead atoms. The van der Waals surface area contributed by atoms with Crippen LogP contribution in [0.5, 0.6) is 0 Å². The summed E-state index contributed by atoms with van der Waals surface area (Å²) < 4.78 is 10.6. The predicted octanol–water partition coefficient (Wildman–Crippen LogP) is 0.150. The first-order valence-corrected chi connectivity index (χ1v) is 5.73.